The van der Waals surface area contributed by atoms with Crippen molar-refractivity contribution in [3.8, 4) is 6.07 Å². The predicted octanol–water partition coefficient (Wildman–Crippen LogP) is 4.40. The Morgan fingerprint density at radius 2 is 2.26 bits per heavy atom. The number of fused-ring (bicyclic) bond motifs is 1. The average Bonchev–Trinajstić information content (AvgIpc) is 2.89. The second-order valence-electron chi connectivity index (χ2n) is 4.70. The maximum Gasteiger partial charge on any atom is 0.0992 e. The van der Waals surface area contributed by atoms with E-state index in [1.165, 1.54) is 10.4 Å². The molecule has 1 aromatic carbocycles. The van der Waals surface area contributed by atoms with Crippen LogP contribution in [0.3, 0.4) is 0 Å². The van der Waals surface area contributed by atoms with Crippen LogP contribution in [-0.2, 0) is 6.42 Å². The fourth-order valence-electron chi connectivity index (χ4n) is 2.65. The molecule has 3 rings (SSSR count). The highest BCUT2D eigenvalue weighted by Gasteiger charge is 2.26. The van der Waals surface area contributed by atoms with Gasteiger partial charge in [-0.15, -0.1) is 11.3 Å². The van der Waals surface area contributed by atoms with Gasteiger partial charge in [-0.1, -0.05) is 11.6 Å². The van der Waals surface area contributed by atoms with Gasteiger partial charge in [0.05, 0.1) is 28.4 Å². The van der Waals surface area contributed by atoms with Crippen molar-refractivity contribution in [3.05, 3.63) is 50.7 Å². The quantitative estimate of drug-likeness (QED) is 0.778. The Morgan fingerprint density at radius 1 is 1.42 bits per heavy atom. The Morgan fingerprint density at radius 3 is 3.00 bits per heavy atom. The van der Waals surface area contributed by atoms with Gasteiger partial charge in [-0.25, -0.2) is 0 Å². The second-order valence-corrected chi connectivity index (χ2v) is 6.10. The lowest BCUT2D eigenvalue weighted by Gasteiger charge is -2.36. The van der Waals surface area contributed by atoms with E-state index in [4.69, 9.17) is 16.9 Å². The number of anilines is 1. The Bertz CT molecular complexity index is 656. The van der Waals surface area contributed by atoms with Crippen LogP contribution < -0.4 is 4.90 Å². The zero-order valence-corrected chi connectivity index (χ0v) is 12.1. The fraction of sp³-hybridized carbons (Fsp3) is 0.267. The first-order valence-corrected chi connectivity index (χ1v) is 7.49. The molecule has 0 radical (unpaired) electrons. The number of rotatable bonds is 1. The molecule has 0 aliphatic carbocycles. The highest BCUT2D eigenvalue weighted by Crippen LogP contribution is 2.38. The standard InChI is InChI=1S/C15H13ClN2S/c1-10-12-5-7-19-15(12)4-6-18(10)14-3-2-11(9-17)8-13(14)16/h2-3,5,7-8,10H,4,6H2,1H3. The molecule has 19 heavy (non-hydrogen) atoms. The molecule has 2 nitrogen and oxygen atoms in total. The van der Waals surface area contributed by atoms with Gasteiger partial charge in [0.2, 0.25) is 0 Å². The van der Waals surface area contributed by atoms with Gasteiger partial charge in [-0.3, -0.25) is 0 Å². The first-order chi connectivity index (χ1) is 9.20. The summed E-state index contributed by atoms with van der Waals surface area (Å²) >= 11 is 8.15. The largest absolute Gasteiger partial charge is 0.363 e. The summed E-state index contributed by atoms with van der Waals surface area (Å²) in [5.41, 5.74) is 3.02. The molecule has 1 unspecified atom stereocenters. The first-order valence-electron chi connectivity index (χ1n) is 6.23. The fourth-order valence-corrected chi connectivity index (χ4v) is 3.90. The Kier molecular flexibility index (Phi) is 3.22. The van der Waals surface area contributed by atoms with Gasteiger partial charge in [0.25, 0.3) is 0 Å². The number of nitriles is 1. The highest BCUT2D eigenvalue weighted by atomic mass is 35.5. The molecule has 1 aromatic heterocycles. The summed E-state index contributed by atoms with van der Waals surface area (Å²) in [6.45, 7) is 3.18. The summed E-state index contributed by atoms with van der Waals surface area (Å²) in [6, 6.07) is 10.2. The third kappa shape index (κ3) is 2.11. The third-order valence-electron chi connectivity index (χ3n) is 3.66. The van der Waals surface area contributed by atoms with Gasteiger partial charge < -0.3 is 4.90 Å². The molecule has 0 spiro atoms. The summed E-state index contributed by atoms with van der Waals surface area (Å²) < 4.78 is 0. The minimum Gasteiger partial charge on any atom is -0.363 e. The summed E-state index contributed by atoms with van der Waals surface area (Å²) in [6.07, 6.45) is 1.06. The zero-order valence-electron chi connectivity index (χ0n) is 10.6. The van der Waals surface area contributed by atoms with Gasteiger partial charge >= 0.3 is 0 Å². The summed E-state index contributed by atoms with van der Waals surface area (Å²) in [5, 5.41) is 11.7. The van der Waals surface area contributed by atoms with Crippen LogP contribution >= 0.6 is 22.9 Å². The van der Waals surface area contributed by atoms with Crippen molar-refractivity contribution in [2.45, 2.75) is 19.4 Å². The monoisotopic (exact) mass is 288 g/mol. The smallest absolute Gasteiger partial charge is 0.0992 e. The average molecular weight is 289 g/mol. The molecule has 2 heterocycles. The van der Waals surface area contributed by atoms with Crippen LogP contribution in [0.4, 0.5) is 5.69 Å². The van der Waals surface area contributed by atoms with Gasteiger partial charge in [0.1, 0.15) is 0 Å². The van der Waals surface area contributed by atoms with Crippen molar-refractivity contribution in [2.24, 2.45) is 0 Å². The van der Waals surface area contributed by atoms with Gasteiger partial charge in [0.15, 0.2) is 0 Å². The van der Waals surface area contributed by atoms with Gasteiger partial charge in [-0.05, 0) is 48.6 Å². The van der Waals surface area contributed by atoms with E-state index in [1.807, 2.05) is 23.5 Å². The van der Waals surface area contributed by atoms with Crippen molar-refractivity contribution in [1.29, 1.82) is 5.26 Å². The minimum atomic E-state index is 0.334. The number of benzene rings is 1. The highest BCUT2D eigenvalue weighted by molar-refractivity contribution is 7.10. The van der Waals surface area contributed by atoms with Crippen LogP contribution in [-0.4, -0.2) is 6.54 Å². The van der Waals surface area contributed by atoms with Crippen LogP contribution in [0.5, 0.6) is 0 Å². The summed E-state index contributed by atoms with van der Waals surface area (Å²) in [5.74, 6) is 0. The summed E-state index contributed by atoms with van der Waals surface area (Å²) in [7, 11) is 0. The second kappa shape index (κ2) is 4.88. The molecule has 0 N–H and O–H groups in total. The maximum absolute atomic E-state index is 8.90. The molecular weight excluding hydrogens is 276 g/mol. The molecule has 0 saturated carbocycles. The molecule has 96 valence electrons. The normalized spacial score (nSPS) is 17.9. The van der Waals surface area contributed by atoms with Crippen LogP contribution in [0.1, 0.15) is 29.0 Å². The number of nitrogens with zero attached hydrogens (tertiary/aromatic N) is 2. The van der Waals surface area contributed by atoms with E-state index in [2.05, 4.69) is 29.3 Å². The molecule has 1 atom stereocenters. The molecule has 1 aliphatic heterocycles. The Hall–Kier alpha value is -1.50. The lowest BCUT2D eigenvalue weighted by molar-refractivity contribution is 0.633. The van der Waals surface area contributed by atoms with E-state index >= 15 is 0 Å². The topological polar surface area (TPSA) is 27.0 Å². The van der Waals surface area contributed by atoms with Crippen molar-refractivity contribution >= 4 is 28.6 Å². The molecule has 4 heteroatoms. The van der Waals surface area contributed by atoms with Crippen LogP contribution in [0.25, 0.3) is 0 Å². The van der Waals surface area contributed by atoms with Crippen molar-refractivity contribution < 1.29 is 0 Å². The number of hydrogen-bond acceptors (Lipinski definition) is 3. The van der Waals surface area contributed by atoms with Crippen LogP contribution in [0, 0.1) is 11.3 Å². The van der Waals surface area contributed by atoms with E-state index in [0.29, 0.717) is 16.6 Å². The van der Waals surface area contributed by atoms with Gasteiger partial charge in [0, 0.05) is 11.4 Å². The molecule has 2 aromatic rings. The molecular formula is C15H13ClN2S. The Labute approximate surface area is 121 Å². The maximum atomic E-state index is 8.90. The van der Waals surface area contributed by atoms with E-state index in [-0.39, 0.29) is 0 Å². The zero-order chi connectivity index (χ0) is 13.4. The van der Waals surface area contributed by atoms with E-state index in [1.54, 1.807) is 6.07 Å². The van der Waals surface area contributed by atoms with Crippen LogP contribution in [0.15, 0.2) is 29.6 Å². The number of thiophene rings is 1. The van der Waals surface area contributed by atoms with E-state index in [0.717, 1.165) is 18.7 Å². The first kappa shape index (κ1) is 12.5. The molecule has 0 bridgehead atoms. The van der Waals surface area contributed by atoms with Crippen molar-refractivity contribution in [2.75, 3.05) is 11.4 Å². The molecule has 0 amide bonds. The van der Waals surface area contributed by atoms with E-state index < -0.39 is 0 Å². The molecule has 1 aliphatic rings. The predicted molar refractivity (Wildman–Crippen MR) is 80.0 cm³/mol. The lowest BCUT2D eigenvalue weighted by atomic mass is 10.0. The Balaban J connectivity index is 1.98. The van der Waals surface area contributed by atoms with Gasteiger partial charge in [-0.2, -0.15) is 5.26 Å². The third-order valence-corrected chi connectivity index (χ3v) is 4.96. The van der Waals surface area contributed by atoms with Crippen molar-refractivity contribution in [3.63, 3.8) is 0 Å². The van der Waals surface area contributed by atoms with Crippen LogP contribution in [0.2, 0.25) is 5.02 Å². The minimum absolute atomic E-state index is 0.334. The SMILES string of the molecule is CC1c2ccsc2CCN1c1ccc(C#N)cc1Cl. The number of halogens is 1. The van der Waals surface area contributed by atoms with E-state index in [9.17, 15) is 0 Å². The summed E-state index contributed by atoms with van der Waals surface area (Å²) in [4.78, 5) is 3.80. The molecule has 0 fully saturated rings. The lowest BCUT2D eigenvalue weighted by Crippen LogP contribution is -2.33. The molecule has 0 saturated heterocycles. The number of hydrogen-bond donors (Lipinski definition) is 0. The van der Waals surface area contributed by atoms with Crippen molar-refractivity contribution in [1.82, 2.24) is 0 Å².